The third-order valence-electron chi connectivity index (χ3n) is 2.87. The molecule has 1 aliphatic heterocycles. The first-order chi connectivity index (χ1) is 7.52. The van der Waals surface area contributed by atoms with E-state index < -0.39 is 0 Å². The maximum Gasteiger partial charge on any atom is 0.231 e. The predicted molar refractivity (Wildman–Crippen MR) is 62.4 cm³/mol. The highest BCUT2D eigenvalue weighted by molar-refractivity contribution is 5.59. The average molecular weight is 222 g/mol. The van der Waals surface area contributed by atoms with E-state index in [1.807, 2.05) is 0 Å². The molecule has 1 heterocycles. The molecule has 0 atom stereocenters. The van der Waals surface area contributed by atoms with Gasteiger partial charge in [0.2, 0.25) is 6.79 Å². The van der Waals surface area contributed by atoms with Gasteiger partial charge in [-0.05, 0) is 11.8 Å². The van der Waals surface area contributed by atoms with Gasteiger partial charge in [-0.25, -0.2) is 0 Å². The fourth-order valence-electron chi connectivity index (χ4n) is 2.25. The Hall–Kier alpha value is -1.38. The molecule has 3 heteroatoms. The lowest BCUT2D eigenvalue weighted by atomic mass is 9.88. The van der Waals surface area contributed by atoms with Gasteiger partial charge in [0, 0.05) is 17.2 Å². The van der Waals surface area contributed by atoms with Crippen molar-refractivity contribution in [1.29, 1.82) is 0 Å². The summed E-state index contributed by atoms with van der Waals surface area (Å²) < 4.78 is 10.8. The molecule has 1 aromatic rings. The van der Waals surface area contributed by atoms with Crippen molar-refractivity contribution in [3.63, 3.8) is 0 Å². The smallest absolute Gasteiger partial charge is 0.231 e. The Balaban J connectivity index is 2.69. The first kappa shape index (κ1) is 11.1. The molecule has 0 radical (unpaired) electrons. The quantitative estimate of drug-likeness (QED) is 0.833. The van der Waals surface area contributed by atoms with E-state index in [4.69, 9.17) is 9.47 Å². The molecule has 0 unspecified atom stereocenters. The molecule has 1 aliphatic rings. The highest BCUT2D eigenvalue weighted by atomic mass is 16.7. The van der Waals surface area contributed by atoms with Crippen LogP contribution in [0.2, 0.25) is 0 Å². The monoisotopic (exact) mass is 222 g/mol. The molecule has 0 fully saturated rings. The van der Waals surface area contributed by atoms with Gasteiger partial charge in [0.25, 0.3) is 0 Å². The SMILES string of the molecule is CC(C)c1c(O)cc2c(c1C(C)C)OCO2. The van der Waals surface area contributed by atoms with Crippen LogP contribution in [0.15, 0.2) is 6.07 Å². The number of hydrogen-bond donors (Lipinski definition) is 1. The summed E-state index contributed by atoms with van der Waals surface area (Å²) in [7, 11) is 0. The second-order valence-corrected chi connectivity index (χ2v) is 4.77. The summed E-state index contributed by atoms with van der Waals surface area (Å²) in [4.78, 5) is 0. The third-order valence-corrected chi connectivity index (χ3v) is 2.87. The van der Waals surface area contributed by atoms with Crippen LogP contribution in [0.1, 0.15) is 50.7 Å². The van der Waals surface area contributed by atoms with Crippen molar-refractivity contribution in [3.05, 3.63) is 17.2 Å². The van der Waals surface area contributed by atoms with Gasteiger partial charge < -0.3 is 14.6 Å². The minimum atomic E-state index is 0.246. The first-order valence-corrected chi connectivity index (χ1v) is 5.67. The fourth-order valence-corrected chi connectivity index (χ4v) is 2.25. The van der Waals surface area contributed by atoms with Gasteiger partial charge in [0.1, 0.15) is 5.75 Å². The second kappa shape index (κ2) is 3.89. The molecular formula is C13H18O3. The highest BCUT2D eigenvalue weighted by Crippen LogP contribution is 2.47. The summed E-state index contributed by atoms with van der Waals surface area (Å²) in [6.45, 7) is 8.59. The largest absolute Gasteiger partial charge is 0.508 e. The van der Waals surface area contributed by atoms with E-state index in [9.17, 15) is 5.11 Å². The molecule has 0 saturated carbocycles. The van der Waals surface area contributed by atoms with Crippen LogP contribution in [-0.4, -0.2) is 11.9 Å². The normalized spacial score (nSPS) is 13.9. The van der Waals surface area contributed by atoms with Gasteiger partial charge >= 0.3 is 0 Å². The van der Waals surface area contributed by atoms with Crippen molar-refractivity contribution >= 4 is 0 Å². The Morgan fingerprint density at radius 2 is 1.69 bits per heavy atom. The zero-order chi connectivity index (χ0) is 11.9. The van der Waals surface area contributed by atoms with Crippen molar-refractivity contribution in [3.8, 4) is 17.2 Å². The Kier molecular flexibility index (Phi) is 2.70. The van der Waals surface area contributed by atoms with Crippen LogP contribution >= 0.6 is 0 Å². The maximum atomic E-state index is 10.0. The van der Waals surface area contributed by atoms with Gasteiger partial charge in [0.15, 0.2) is 11.5 Å². The molecule has 3 nitrogen and oxygen atoms in total. The molecule has 1 N–H and O–H groups in total. The maximum absolute atomic E-state index is 10.0. The van der Waals surface area contributed by atoms with Crippen molar-refractivity contribution in [2.24, 2.45) is 0 Å². The van der Waals surface area contributed by atoms with E-state index in [-0.39, 0.29) is 12.7 Å². The lowest BCUT2D eigenvalue weighted by molar-refractivity contribution is 0.173. The number of fused-ring (bicyclic) bond motifs is 1. The van der Waals surface area contributed by atoms with Crippen molar-refractivity contribution in [2.45, 2.75) is 39.5 Å². The molecule has 0 amide bonds. The Morgan fingerprint density at radius 1 is 1.06 bits per heavy atom. The van der Waals surface area contributed by atoms with E-state index in [1.165, 1.54) is 0 Å². The van der Waals surface area contributed by atoms with Crippen molar-refractivity contribution in [1.82, 2.24) is 0 Å². The van der Waals surface area contributed by atoms with Crippen LogP contribution in [0.5, 0.6) is 17.2 Å². The summed E-state index contributed by atoms with van der Waals surface area (Å²) in [6, 6.07) is 1.66. The molecule has 1 aromatic carbocycles. The Bertz CT molecular complexity index is 408. The highest BCUT2D eigenvalue weighted by Gasteiger charge is 2.26. The van der Waals surface area contributed by atoms with E-state index in [0.717, 1.165) is 16.9 Å². The summed E-state index contributed by atoms with van der Waals surface area (Å²) in [5.41, 5.74) is 2.04. The molecule has 2 rings (SSSR count). The van der Waals surface area contributed by atoms with Crippen LogP contribution in [0, 0.1) is 0 Å². The molecular weight excluding hydrogens is 204 g/mol. The van der Waals surface area contributed by atoms with E-state index in [0.29, 0.717) is 17.4 Å². The van der Waals surface area contributed by atoms with Crippen LogP contribution in [0.3, 0.4) is 0 Å². The topological polar surface area (TPSA) is 38.7 Å². The minimum Gasteiger partial charge on any atom is -0.508 e. The fraction of sp³-hybridized carbons (Fsp3) is 0.538. The average Bonchev–Trinajstić information content (AvgIpc) is 2.61. The molecule has 0 saturated heterocycles. The molecule has 0 bridgehead atoms. The number of hydrogen-bond acceptors (Lipinski definition) is 3. The number of ether oxygens (including phenoxy) is 2. The van der Waals surface area contributed by atoms with E-state index in [2.05, 4.69) is 27.7 Å². The molecule has 0 aliphatic carbocycles. The van der Waals surface area contributed by atoms with E-state index in [1.54, 1.807) is 6.07 Å². The van der Waals surface area contributed by atoms with Crippen LogP contribution in [0.25, 0.3) is 0 Å². The summed E-state index contributed by atoms with van der Waals surface area (Å²) in [5.74, 6) is 2.34. The Labute approximate surface area is 96.0 Å². The first-order valence-electron chi connectivity index (χ1n) is 5.67. The lowest BCUT2D eigenvalue weighted by Crippen LogP contribution is -2.01. The predicted octanol–water partition coefficient (Wildman–Crippen LogP) is 3.37. The van der Waals surface area contributed by atoms with Gasteiger partial charge in [-0.3, -0.25) is 0 Å². The number of rotatable bonds is 2. The molecule has 16 heavy (non-hydrogen) atoms. The van der Waals surface area contributed by atoms with Gasteiger partial charge in [-0.1, -0.05) is 27.7 Å². The van der Waals surface area contributed by atoms with Gasteiger partial charge in [-0.2, -0.15) is 0 Å². The van der Waals surface area contributed by atoms with Crippen LogP contribution in [0.4, 0.5) is 0 Å². The second-order valence-electron chi connectivity index (χ2n) is 4.77. The zero-order valence-corrected chi connectivity index (χ0v) is 10.2. The molecule has 0 spiro atoms. The Morgan fingerprint density at radius 3 is 2.25 bits per heavy atom. The van der Waals surface area contributed by atoms with Crippen LogP contribution in [-0.2, 0) is 0 Å². The number of aromatic hydroxyl groups is 1. The number of phenols is 1. The number of benzene rings is 1. The van der Waals surface area contributed by atoms with Gasteiger partial charge in [-0.15, -0.1) is 0 Å². The van der Waals surface area contributed by atoms with Gasteiger partial charge in [0.05, 0.1) is 0 Å². The lowest BCUT2D eigenvalue weighted by Gasteiger charge is -2.19. The van der Waals surface area contributed by atoms with Crippen LogP contribution < -0.4 is 9.47 Å². The molecule has 88 valence electrons. The summed E-state index contributed by atoms with van der Waals surface area (Å²) in [6.07, 6.45) is 0. The van der Waals surface area contributed by atoms with E-state index >= 15 is 0 Å². The standard InChI is InChI=1S/C13H18O3/c1-7(2)11-9(14)5-10-13(16-6-15-10)12(11)8(3)4/h5,7-8,14H,6H2,1-4H3. The van der Waals surface area contributed by atoms with Crippen molar-refractivity contribution < 1.29 is 14.6 Å². The number of phenolic OH excluding ortho intramolecular Hbond substituents is 1. The van der Waals surface area contributed by atoms with Crippen molar-refractivity contribution in [2.75, 3.05) is 6.79 Å². The molecule has 0 aromatic heterocycles. The summed E-state index contributed by atoms with van der Waals surface area (Å²) in [5, 5.41) is 10.0. The third kappa shape index (κ3) is 1.60. The minimum absolute atomic E-state index is 0.246. The summed E-state index contributed by atoms with van der Waals surface area (Å²) >= 11 is 0. The zero-order valence-electron chi connectivity index (χ0n) is 10.2.